The van der Waals surface area contributed by atoms with Crippen LogP contribution in [0.1, 0.15) is 40.3 Å². The van der Waals surface area contributed by atoms with Gasteiger partial charge in [-0.05, 0) is 68.7 Å². The third kappa shape index (κ3) is 8.20. The smallest absolute Gasteiger partial charge is 0.410 e. The van der Waals surface area contributed by atoms with E-state index < -0.39 is 13.7 Å². The number of fused-ring (bicyclic) bond motifs is 1. The molecule has 224 valence electrons. The molecule has 0 spiro atoms. The number of hydrogen-bond donors (Lipinski definition) is 1. The molecule has 2 atom stereocenters. The predicted octanol–water partition coefficient (Wildman–Crippen LogP) is 6.35. The Labute approximate surface area is 253 Å². The number of aromatic nitrogens is 4. The summed E-state index contributed by atoms with van der Waals surface area (Å²) < 4.78 is 14.6. The highest BCUT2D eigenvalue weighted by atomic mass is 79.9. The summed E-state index contributed by atoms with van der Waals surface area (Å²) in [5.41, 5.74) is 2.18. The van der Waals surface area contributed by atoms with Crippen molar-refractivity contribution in [3.05, 3.63) is 40.9 Å². The average Bonchev–Trinajstić information content (AvgIpc) is 3.19. The summed E-state index contributed by atoms with van der Waals surface area (Å²) in [6.07, 6.45) is 5.35. The lowest BCUT2D eigenvalue weighted by atomic mass is 10.1. The van der Waals surface area contributed by atoms with E-state index in [2.05, 4.69) is 55.8 Å². The van der Waals surface area contributed by atoms with Crippen molar-refractivity contribution in [3.8, 4) is 0 Å². The number of rotatable bonds is 9. The maximum atomic E-state index is 12.8. The van der Waals surface area contributed by atoms with Gasteiger partial charge in [0.1, 0.15) is 18.0 Å². The van der Waals surface area contributed by atoms with Crippen LogP contribution in [0.15, 0.2) is 35.2 Å². The molecule has 0 radical (unpaired) electrons. The summed E-state index contributed by atoms with van der Waals surface area (Å²) in [5.74, 6) is 0.662. The van der Waals surface area contributed by atoms with E-state index in [0.29, 0.717) is 32.3 Å². The van der Waals surface area contributed by atoms with Crippen molar-refractivity contribution in [3.63, 3.8) is 0 Å². The first-order valence-electron chi connectivity index (χ1n) is 14.2. The Kier molecular flexibility index (Phi) is 9.65. The minimum Gasteiger partial charge on any atom is -0.444 e. The fraction of sp³-hybridized carbons (Fsp3) is 0.586. The largest absolute Gasteiger partial charge is 0.444 e. The molecule has 12 heteroatoms. The number of ether oxygens (including phenoxy) is 2. The van der Waals surface area contributed by atoms with E-state index in [9.17, 15) is 4.79 Å². The number of hydrogen-bond acceptors (Lipinski definition) is 8. The number of carbonyl (C=O) groups excluding carboxylic acids is 1. The Morgan fingerprint density at radius 3 is 2.46 bits per heavy atom. The van der Waals surface area contributed by atoms with Gasteiger partial charge in [-0.3, -0.25) is 4.90 Å². The Morgan fingerprint density at radius 2 is 1.80 bits per heavy atom. The second kappa shape index (κ2) is 12.7. The zero-order valence-electron chi connectivity index (χ0n) is 25.6. The number of nitrogens with one attached hydrogen (secondary N) is 1. The van der Waals surface area contributed by atoms with Gasteiger partial charge in [0.05, 0.1) is 29.7 Å². The van der Waals surface area contributed by atoms with Gasteiger partial charge in [0.2, 0.25) is 5.95 Å². The predicted molar refractivity (Wildman–Crippen MR) is 170 cm³/mol. The fourth-order valence-corrected chi connectivity index (χ4v) is 6.33. The van der Waals surface area contributed by atoms with Crippen LogP contribution < -0.4 is 10.2 Å². The lowest BCUT2D eigenvalue weighted by Crippen LogP contribution is -2.59. The first kappa shape index (κ1) is 31.2. The molecule has 4 heterocycles. The van der Waals surface area contributed by atoms with Crippen molar-refractivity contribution in [2.45, 2.75) is 91.3 Å². The van der Waals surface area contributed by atoms with Gasteiger partial charge in [-0.2, -0.15) is 0 Å². The van der Waals surface area contributed by atoms with E-state index in [1.54, 1.807) is 6.20 Å². The molecule has 0 aliphatic carbocycles. The summed E-state index contributed by atoms with van der Waals surface area (Å²) in [5, 5.41) is 4.55. The zero-order valence-corrected chi connectivity index (χ0v) is 28.2. The maximum absolute atomic E-state index is 12.8. The SMILES string of the molecule is C[C@@H]1CN(c2nccc(CNc3ccnc4c3c(Br)cn4COCC[Si](C)(C)C)n2)C[C@H](C)N1C(=O)OC(C)(C)C. The molecule has 1 amide bonds. The molecule has 3 aromatic rings. The number of carbonyl (C=O) groups is 1. The third-order valence-corrected chi connectivity index (χ3v) is 9.21. The van der Waals surface area contributed by atoms with Gasteiger partial charge < -0.3 is 24.3 Å². The summed E-state index contributed by atoms with van der Waals surface area (Å²) in [6.45, 7) is 19.8. The molecule has 0 saturated carbocycles. The summed E-state index contributed by atoms with van der Waals surface area (Å²) in [6, 6.07) is 4.96. The zero-order chi connectivity index (χ0) is 29.9. The van der Waals surface area contributed by atoms with Gasteiger partial charge in [0, 0.05) is 56.5 Å². The number of piperazine rings is 1. The molecule has 1 N–H and O–H groups in total. The van der Waals surface area contributed by atoms with E-state index in [-0.39, 0.29) is 18.2 Å². The molecule has 3 aromatic heterocycles. The van der Waals surface area contributed by atoms with Gasteiger partial charge in [-0.15, -0.1) is 0 Å². The van der Waals surface area contributed by atoms with E-state index in [0.717, 1.165) is 39.5 Å². The van der Waals surface area contributed by atoms with Gasteiger partial charge in [-0.1, -0.05) is 19.6 Å². The Morgan fingerprint density at radius 1 is 1.12 bits per heavy atom. The van der Waals surface area contributed by atoms with Crippen LogP contribution in [0.4, 0.5) is 16.4 Å². The molecule has 4 rings (SSSR count). The average molecular weight is 647 g/mol. The molecule has 1 aliphatic rings. The lowest BCUT2D eigenvalue weighted by molar-refractivity contribution is 0.00553. The van der Waals surface area contributed by atoms with Crippen LogP contribution in [0.25, 0.3) is 11.0 Å². The number of anilines is 2. The first-order chi connectivity index (χ1) is 19.2. The Hall–Kier alpha value is -2.70. The minimum atomic E-state index is -1.14. The molecule has 0 unspecified atom stereocenters. The highest BCUT2D eigenvalue weighted by molar-refractivity contribution is 9.10. The van der Waals surface area contributed by atoms with Gasteiger partial charge in [0.15, 0.2) is 0 Å². The number of halogens is 1. The monoisotopic (exact) mass is 645 g/mol. The van der Waals surface area contributed by atoms with E-state index >= 15 is 0 Å². The standard InChI is InChI=1S/C29H44BrN7O3Si/c1-20-16-35(17-21(2)37(20)28(38)40-29(3,4)5)27-32-11-9-22(34-27)15-33-24-10-12-31-26-25(24)23(30)18-36(26)19-39-13-14-41(6,7)8/h9-12,18,20-21H,13-17,19H2,1-8H3,(H,31,33)/t20-,21+. The van der Waals surface area contributed by atoms with Crippen LogP contribution in [0, 0.1) is 0 Å². The fourth-order valence-electron chi connectivity index (χ4n) is 4.94. The third-order valence-electron chi connectivity index (χ3n) is 6.90. The quantitative estimate of drug-likeness (QED) is 0.212. The maximum Gasteiger partial charge on any atom is 0.410 e. The highest BCUT2D eigenvalue weighted by Crippen LogP contribution is 2.32. The second-order valence-electron chi connectivity index (χ2n) is 13.0. The minimum absolute atomic E-state index is 0.0370. The topological polar surface area (TPSA) is 97.6 Å². The van der Waals surface area contributed by atoms with Crippen LogP contribution in [-0.4, -0.2) is 76.0 Å². The van der Waals surface area contributed by atoms with Crippen LogP contribution in [0.3, 0.4) is 0 Å². The number of nitrogens with zero attached hydrogens (tertiary/aromatic N) is 6. The van der Waals surface area contributed by atoms with Gasteiger partial charge in [-0.25, -0.2) is 19.7 Å². The molecule has 1 fully saturated rings. The Balaban J connectivity index is 1.41. The summed E-state index contributed by atoms with van der Waals surface area (Å²) in [4.78, 5) is 30.8. The Bertz CT molecular complexity index is 1340. The highest BCUT2D eigenvalue weighted by Gasteiger charge is 2.36. The number of amides is 1. The van der Waals surface area contributed by atoms with Crippen molar-refractivity contribution < 1.29 is 14.3 Å². The normalized spacial score (nSPS) is 18.2. The van der Waals surface area contributed by atoms with Crippen LogP contribution in [-0.2, 0) is 22.7 Å². The second-order valence-corrected chi connectivity index (χ2v) is 19.5. The van der Waals surface area contributed by atoms with Crippen molar-refractivity contribution >= 4 is 52.8 Å². The van der Waals surface area contributed by atoms with Crippen LogP contribution in [0.2, 0.25) is 25.7 Å². The molecule has 0 aromatic carbocycles. The van der Waals surface area contributed by atoms with Crippen molar-refractivity contribution in [2.75, 3.05) is 29.9 Å². The molecule has 10 nitrogen and oxygen atoms in total. The van der Waals surface area contributed by atoms with Crippen molar-refractivity contribution in [1.82, 2.24) is 24.4 Å². The molecular weight excluding hydrogens is 602 g/mol. The van der Waals surface area contributed by atoms with Crippen molar-refractivity contribution in [1.29, 1.82) is 0 Å². The molecule has 41 heavy (non-hydrogen) atoms. The van der Waals surface area contributed by atoms with E-state index in [4.69, 9.17) is 14.5 Å². The summed E-state index contributed by atoms with van der Waals surface area (Å²) in [7, 11) is -1.14. The van der Waals surface area contributed by atoms with Gasteiger partial charge >= 0.3 is 6.09 Å². The molecular formula is C29H44BrN7O3Si. The van der Waals surface area contributed by atoms with Crippen LogP contribution >= 0.6 is 15.9 Å². The van der Waals surface area contributed by atoms with Crippen LogP contribution in [0.5, 0.6) is 0 Å². The molecule has 1 aliphatic heterocycles. The van der Waals surface area contributed by atoms with E-state index in [1.165, 1.54) is 0 Å². The first-order valence-corrected chi connectivity index (χ1v) is 18.7. The lowest BCUT2D eigenvalue weighted by Gasteiger charge is -2.44. The van der Waals surface area contributed by atoms with E-state index in [1.807, 2.05) is 68.6 Å². The molecule has 0 bridgehead atoms. The summed E-state index contributed by atoms with van der Waals surface area (Å²) >= 11 is 3.72. The van der Waals surface area contributed by atoms with Gasteiger partial charge in [0.25, 0.3) is 0 Å². The number of pyridine rings is 1. The van der Waals surface area contributed by atoms with Crippen molar-refractivity contribution in [2.24, 2.45) is 0 Å². The molecule has 1 saturated heterocycles.